The lowest BCUT2D eigenvalue weighted by Gasteiger charge is -2.36. The first-order chi connectivity index (χ1) is 9.72. The van der Waals surface area contributed by atoms with Gasteiger partial charge in [-0.2, -0.15) is 0 Å². The molecule has 0 atom stereocenters. The summed E-state index contributed by atoms with van der Waals surface area (Å²) in [5, 5.41) is 0. The van der Waals surface area contributed by atoms with E-state index in [2.05, 4.69) is 26.9 Å². The van der Waals surface area contributed by atoms with Crippen molar-refractivity contribution in [2.75, 3.05) is 36.0 Å². The lowest BCUT2D eigenvalue weighted by Crippen LogP contribution is -2.46. The average Bonchev–Trinajstić information content (AvgIpc) is 2.48. The van der Waals surface area contributed by atoms with Crippen LogP contribution in [-0.4, -0.2) is 31.2 Å². The molecule has 3 rings (SSSR count). The molecule has 0 bridgehead atoms. The number of aryl methyl sites for hydroxylation is 1. The second kappa shape index (κ2) is 5.49. The van der Waals surface area contributed by atoms with Crippen LogP contribution in [-0.2, 0) is 0 Å². The largest absolute Gasteiger partial charge is 0.368 e. The fourth-order valence-electron chi connectivity index (χ4n) is 2.51. The first-order valence-corrected chi connectivity index (χ1v) is 6.90. The molecule has 0 radical (unpaired) electrons. The molecule has 4 heteroatoms. The molecule has 1 aliphatic heterocycles. The number of anilines is 2. The van der Waals surface area contributed by atoms with Crippen molar-refractivity contribution in [1.29, 1.82) is 0 Å². The van der Waals surface area contributed by atoms with Crippen molar-refractivity contribution in [3.63, 3.8) is 0 Å². The van der Waals surface area contributed by atoms with E-state index in [-0.39, 0.29) is 5.82 Å². The zero-order valence-electron chi connectivity index (χ0n) is 11.6. The Morgan fingerprint density at radius 1 is 1.00 bits per heavy atom. The van der Waals surface area contributed by atoms with Crippen molar-refractivity contribution in [3.05, 3.63) is 54.0 Å². The van der Waals surface area contributed by atoms with Crippen LogP contribution in [0.2, 0.25) is 0 Å². The summed E-state index contributed by atoms with van der Waals surface area (Å²) in [6.07, 6.45) is 1.90. The maximum Gasteiger partial charge on any atom is 0.128 e. The van der Waals surface area contributed by atoms with Crippen LogP contribution in [0, 0.1) is 12.7 Å². The van der Waals surface area contributed by atoms with Gasteiger partial charge in [0.25, 0.3) is 0 Å². The molecular formula is C16H18FN3. The molecule has 1 aromatic carbocycles. The standard InChI is InChI=1S/C16H18FN3/c1-13-5-6-16(18-12-13)20-9-7-19(8-10-20)15-4-2-3-14(17)11-15/h2-6,11-12H,7-10H2,1H3. The minimum absolute atomic E-state index is 0.176. The fraction of sp³-hybridized carbons (Fsp3) is 0.312. The molecule has 0 amide bonds. The van der Waals surface area contributed by atoms with Gasteiger partial charge >= 0.3 is 0 Å². The van der Waals surface area contributed by atoms with E-state index in [4.69, 9.17) is 0 Å². The molecule has 1 saturated heterocycles. The summed E-state index contributed by atoms with van der Waals surface area (Å²) in [5.74, 6) is 0.847. The van der Waals surface area contributed by atoms with Crippen LogP contribution >= 0.6 is 0 Å². The summed E-state index contributed by atoms with van der Waals surface area (Å²) in [7, 11) is 0. The Labute approximate surface area is 118 Å². The van der Waals surface area contributed by atoms with E-state index in [0.29, 0.717) is 0 Å². The highest BCUT2D eigenvalue weighted by Gasteiger charge is 2.18. The lowest BCUT2D eigenvalue weighted by molar-refractivity contribution is 0.619. The van der Waals surface area contributed by atoms with Crippen LogP contribution in [0.15, 0.2) is 42.6 Å². The monoisotopic (exact) mass is 271 g/mol. The zero-order valence-corrected chi connectivity index (χ0v) is 11.6. The van der Waals surface area contributed by atoms with Crippen LogP contribution in [0.1, 0.15) is 5.56 Å². The quantitative estimate of drug-likeness (QED) is 0.837. The van der Waals surface area contributed by atoms with Gasteiger partial charge < -0.3 is 9.80 Å². The number of nitrogens with zero attached hydrogens (tertiary/aromatic N) is 3. The summed E-state index contributed by atoms with van der Waals surface area (Å²) in [6, 6.07) is 11.0. The molecule has 20 heavy (non-hydrogen) atoms. The van der Waals surface area contributed by atoms with Gasteiger partial charge in [-0.15, -0.1) is 0 Å². The normalized spacial score (nSPS) is 15.5. The highest BCUT2D eigenvalue weighted by atomic mass is 19.1. The van der Waals surface area contributed by atoms with Gasteiger partial charge in [0.2, 0.25) is 0 Å². The number of pyridine rings is 1. The third-order valence-electron chi connectivity index (χ3n) is 3.67. The molecule has 2 heterocycles. The Hall–Kier alpha value is -2.10. The SMILES string of the molecule is Cc1ccc(N2CCN(c3cccc(F)c3)CC2)nc1. The van der Waals surface area contributed by atoms with E-state index in [9.17, 15) is 4.39 Å². The summed E-state index contributed by atoms with van der Waals surface area (Å²) < 4.78 is 13.3. The van der Waals surface area contributed by atoms with Gasteiger partial charge in [-0.1, -0.05) is 12.1 Å². The van der Waals surface area contributed by atoms with Crippen molar-refractivity contribution in [2.24, 2.45) is 0 Å². The molecule has 1 fully saturated rings. The highest BCUT2D eigenvalue weighted by Crippen LogP contribution is 2.20. The minimum atomic E-state index is -0.176. The molecule has 0 aliphatic carbocycles. The van der Waals surface area contributed by atoms with E-state index in [1.165, 1.54) is 11.6 Å². The Bertz CT molecular complexity index is 575. The molecule has 0 unspecified atom stereocenters. The molecule has 0 saturated carbocycles. The third-order valence-corrected chi connectivity index (χ3v) is 3.67. The summed E-state index contributed by atoms with van der Waals surface area (Å²) in [5.41, 5.74) is 2.13. The van der Waals surface area contributed by atoms with Gasteiger partial charge in [-0.3, -0.25) is 0 Å². The zero-order chi connectivity index (χ0) is 13.9. The molecule has 1 aromatic heterocycles. The number of rotatable bonds is 2. The second-order valence-electron chi connectivity index (χ2n) is 5.15. The number of aromatic nitrogens is 1. The maximum absolute atomic E-state index is 13.3. The molecular weight excluding hydrogens is 253 g/mol. The van der Waals surface area contributed by atoms with Crippen molar-refractivity contribution in [1.82, 2.24) is 4.98 Å². The first kappa shape index (κ1) is 12.9. The van der Waals surface area contributed by atoms with Crippen molar-refractivity contribution < 1.29 is 4.39 Å². The molecule has 104 valence electrons. The van der Waals surface area contributed by atoms with Gasteiger partial charge in [0.15, 0.2) is 0 Å². The van der Waals surface area contributed by atoms with Gasteiger partial charge in [0.05, 0.1) is 0 Å². The predicted molar refractivity (Wildman–Crippen MR) is 79.8 cm³/mol. The van der Waals surface area contributed by atoms with Gasteiger partial charge in [0, 0.05) is 38.1 Å². The van der Waals surface area contributed by atoms with E-state index in [0.717, 1.165) is 37.7 Å². The number of hydrogen-bond donors (Lipinski definition) is 0. The number of benzene rings is 1. The molecule has 3 nitrogen and oxygen atoms in total. The fourth-order valence-corrected chi connectivity index (χ4v) is 2.51. The topological polar surface area (TPSA) is 19.4 Å². The molecule has 1 aliphatic rings. The van der Waals surface area contributed by atoms with Gasteiger partial charge in [-0.05, 0) is 36.8 Å². The van der Waals surface area contributed by atoms with Crippen LogP contribution in [0.5, 0.6) is 0 Å². The Morgan fingerprint density at radius 3 is 2.40 bits per heavy atom. The number of piperazine rings is 1. The third kappa shape index (κ3) is 2.74. The molecule has 0 N–H and O–H groups in total. The van der Waals surface area contributed by atoms with E-state index in [1.54, 1.807) is 12.1 Å². The summed E-state index contributed by atoms with van der Waals surface area (Å²) >= 11 is 0. The van der Waals surface area contributed by atoms with Crippen LogP contribution < -0.4 is 9.80 Å². The highest BCUT2D eigenvalue weighted by molar-refractivity contribution is 5.49. The van der Waals surface area contributed by atoms with Gasteiger partial charge in [0.1, 0.15) is 11.6 Å². The summed E-state index contributed by atoms with van der Waals surface area (Å²) in [4.78, 5) is 8.95. The van der Waals surface area contributed by atoms with Crippen LogP contribution in [0.4, 0.5) is 15.9 Å². The van der Waals surface area contributed by atoms with Crippen molar-refractivity contribution >= 4 is 11.5 Å². The van der Waals surface area contributed by atoms with E-state index in [1.807, 2.05) is 19.2 Å². The van der Waals surface area contributed by atoms with Crippen LogP contribution in [0.3, 0.4) is 0 Å². The maximum atomic E-state index is 13.3. The summed E-state index contributed by atoms with van der Waals surface area (Å²) in [6.45, 7) is 5.63. The minimum Gasteiger partial charge on any atom is -0.368 e. The van der Waals surface area contributed by atoms with Crippen LogP contribution in [0.25, 0.3) is 0 Å². The number of halogens is 1. The number of hydrogen-bond acceptors (Lipinski definition) is 3. The Morgan fingerprint density at radius 2 is 1.75 bits per heavy atom. The lowest BCUT2D eigenvalue weighted by atomic mass is 10.2. The Balaban J connectivity index is 1.66. The average molecular weight is 271 g/mol. The molecule has 2 aromatic rings. The second-order valence-corrected chi connectivity index (χ2v) is 5.15. The first-order valence-electron chi connectivity index (χ1n) is 6.90. The van der Waals surface area contributed by atoms with Gasteiger partial charge in [-0.25, -0.2) is 9.37 Å². The predicted octanol–water partition coefficient (Wildman–Crippen LogP) is 2.86. The van der Waals surface area contributed by atoms with Crippen molar-refractivity contribution in [3.8, 4) is 0 Å². The molecule has 0 spiro atoms. The smallest absolute Gasteiger partial charge is 0.128 e. The Kier molecular flexibility index (Phi) is 3.54. The van der Waals surface area contributed by atoms with E-state index >= 15 is 0 Å². The van der Waals surface area contributed by atoms with Crippen molar-refractivity contribution in [2.45, 2.75) is 6.92 Å². The van der Waals surface area contributed by atoms with E-state index < -0.39 is 0 Å².